The van der Waals surface area contributed by atoms with Crippen LogP contribution in [-0.2, 0) is 6.42 Å². The summed E-state index contributed by atoms with van der Waals surface area (Å²) in [6.45, 7) is 2.28. The summed E-state index contributed by atoms with van der Waals surface area (Å²) in [7, 11) is 0. The Kier molecular flexibility index (Phi) is 9.72. The van der Waals surface area contributed by atoms with E-state index >= 15 is 0 Å². The van der Waals surface area contributed by atoms with Gasteiger partial charge in [0.15, 0.2) is 5.82 Å². The smallest absolute Gasteiger partial charge is 0.159 e. The first-order valence-electron chi connectivity index (χ1n) is 11.0. The van der Waals surface area contributed by atoms with Crippen molar-refractivity contribution in [3.8, 4) is 11.4 Å². The summed E-state index contributed by atoms with van der Waals surface area (Å²) < 4.78 is 0.595. The number of benzene rings is 1. The summed E-state index contributed by atoms with van der Waals surface area (Å²) in [5.41, 5.74) is 3.80. The fourth-order valence-corrected chi connectivity index (χ4v) is 6.46. The normalized spacial score (nSPS) is 15.0. The van der Waals surface area contributed by atoms with E-state index in [2.05, 4.69) is 64.7 Å². The van der Waals surface area contributed by atoms with Crippen LogP contribution >= 0.6 is 23.5 Å². The molecule has 0 amide bonds. The van der Waals surface area contributed by atoms with Crippen LogP contribution in [0.3, 0.4) is 0 Å². The van der Waals surface area contributed by atoms with Gasteiger partial charge in [-0.15, -0.1) is 23.5 Å². The average molecular weight is 415 g/mol. The van der Waals surface area contributed by atoms with Gasteiger partial charge in [0.25, 0.3) is 0 Å². The highest BCUT2D eigenvalue weighted by Gasteiger charge is 2.16. The second kappa shape index (κ2) is 12.5. The molecule has 0 atom stereocenters. The van der Waals surface area contributed by atoms with E-state index in [9.17, 15) is 0 Å². The summed E-state index contributed by atoms with van der Waals surface area (Å²) in [5, 5.41) is 0. The van der Waals surface area contributed by atoms with Crippen LogP contribution in [0.1, 0.15) is 80.4 Å². The summed E-state index contributed by atoms with van der Waals surface area (Å²) in [6, 6.07) is 8.86. The van der Waals surface area contributed by atoms with Crippen LogP contribution in [0.4, 0.5) is 0 Å². The van der Waals surface area contributed by atoms with Crippen molar-refractivity contribution >= 4 is 23.5 Å². The van der Waals surface area contributed by atoms with Gasteiger partial charge in [-0.1, -0.05) is 76.1 Å². The number of hydrogen-bond acceptors (Lipinski definition) is 4. The molecule has 2 heterocycles. The van der Waals surface area contributed by atoms with Crippen molar-refractivity contribution in [2.24, 2.45) is 0 Å². The van der Waals surface area contributed by atoms with E-state index in [-0.39, 0.29) is 0 Å². The number of nitrogens with zero attached hydrogens (tertiary/aromatic N) is 2. The number of rotatable bonds is 11. The molecule has 1 fully saturated rings. The quantitative estimate of drug-likeness (QED) is 0.352. The van der Waals surface area contributed by atoms with Crippen LogP contribution in [-0.4, -0.2) is 21.5 Å². The highest BCUT2D eigenvalue weighted by atomic mass is 32.2. The van der Waals surface area contributed by atoms with Gasteiger partial charge >= 0.3 is 0 Å². The molecule has 28 heavy (non-hydrogen) atoms. The number of thioether (sulfide) groups is 2. The van der Waals surface area contributed by atoms with E-state index in [0.717, 1.165) is 17.8 Å². The standard InChI is InChI=1S/C24H34N2S2/c1-2-3-4-5-6-7-8-9-11-20-18-25-23(26-19-20)21-12-14-22(15-13-21)24-27-16-10-17-28-24/h12-15,18-19,24H,2-11,16-17H2,1H3. The molecule has 0 spiro atoms. The zero-order valence-electron chi connectivity index (χ0n) is 17.2. The zero-order chi connectivity index (χ0) is 19.4. The number of unbranched alkanes of at least 4 members (excludes halogenated alkanes) is 7. The van der Waals surface area contributed by atoms with Crippen molar-refractivity contribution in [3.63, 3.8) is 0 Å². The molecule has 0 saturated carbocycles. The van der Waals surface area contributed by atoms with E-state index in [4.69, 9.17) is 0 Å². The second-order valence-corrected chi connectivity index (χ2v) is 10.4. The van der Waals surface area contributed by atoms with Crippen molar-refractivity contribution in [2.75, 3.05) is 11.5 Å². The van der Waals surface area contributed by atoms with Crippen LogP contribution < -0.4 is 0 Å². The number of hydrogen-bond donors (Lipinski definition) is 0. The number of aromatic nitrogens is 2. The maximum Gasteiger partial charge on any atom is 0.159 e. The van der Waals surface area contributed by atoms with E-state index in [1.165, 1.54) is 80.4 Å². The Morgan fingerprint density at radius 2 is 1.43 bits per heavy atom. The fraction of sp³-hybridized carbons (Fsp3) is 0.583. The minimum absolute atomic E-state index is 0.595. The lowest BCUT2D eigenvalue weighted by Crippen LogP contribution is -2.00. The van der Waals surface area contributed by atoms with Gasteiger partial charge in [-0.05, 0) is 41.9 Å². The molecular weight excluding hydrogens is 380 g/mol. The van der Waals surface area contributed by atoms with Gasteiger partial charge < -0.3 is 0 Å². The number of aryl methyl sites for hydroxylation is 1. The molecule has 1 aromatic heterocycles. The SMILES string of the molecule is CCCCCCCCCCc1cnc(-c2ccc(C3SCCCS3)cc2)nc1. The Balaban J connectivity index is 1.41. The molecule has 0 bridgehead atoms. The third kappa shape index (κ3) is 7.11. The Labute approximate surface area is 179 Å². The monoisotopic (exact) mass is 414 g/mol. The highest BCUT2D eigenvalue weighted by Crippen LogP contribution is 2.43. The molecule has 3 rings (SSSR count). The first kappa shape index (κ1) is 21.7. The van der Waals surface area contributed by atoms with Crippen molar-refractivity contribution in [1.82, 2.24) is 9.97 Å². The Bertz CT molecular complexity index is 664. The largest absolute Gasteiger partial charge is 0.236 e. The molecule has 1 aromatic carbocycles. The van der Waals surface area contributed by atoms with Gasteiger partial charge in [-0.3, -0.25) is 0 Å². The van der Waals surface area contributed by atoms with Gasteiger partial charge in [0, 0.05) is 18.0 Å². The molecule has 0 N–H and O–H groups in total. The Hall–Kier alpha value is -1.00. The van der Waals surface area contributed by atoms with Crippen molar-refractivity contribution in [1.29, 1.82) is 0 Å². The average Bonchev–Trinajstić information content (AvgIpc) is 2.77. The zero-order valence-corrected chi connectivity index (χ0v) is 18.9. The molecule has 0 unspecified atom stereocenters. The molecule has 152 valence electrons. The van der Waals surface area contributed by atoms with Gasteiger partial charge in [0.05, 0.1) is 4.58 Å². The van der Waals surface area contributed by atoms with E-state index in [1.54, 1.807) is 0 Å². The van der Waals surface area contributed by atoms with Crippen LogP contribution in [0.15, 0.2) is 36.7 Å². The highest BCUT2D eigenvalue weighted by molar-refractivity contribution is 8.16. The molecule has 1 aliphatic heterocycles. The molecule has 2 aromatic rings. The maximum absolute atomic E-state index is 4.62. The summed E-state index contributed by atoms with van der Waals surface area (Å²) in [5.74, 6) is 3.40. The Morgan fingerprint density at radius 1 is 0.821 bits per heavy atom. The van der Waals surface area contributed by atoms with E-state index < -0.39 is 0 Å². The van der Waals surface area contributed by atoms with Crippen molar-refractivity contribution < 1.29 is 0 Å². The molecule has 0 aliphatic carbocycles. The topological polar surface area (TPSA) is 25.8 Å². The van der Waals surface area contributed by atoms with Crippen LogP contribution in [0.25, 0.3) is 11.4 Å². The fourth-order valence-electron chi connectivity index (χ4n) is 3.57. The summed E-state index contributed by atoms with van der Waals surface area (Å²) >= 11 is 4.13. The minimum Gasteiger partial charge on any atom is -0.236 e. The molecule has 1 aliphatic rings. The van der Waals surface area contributed by atoms with Crippen molar-refractivity contribution in [2.45, 2.75) is 75.7 Å². The second-order valence-electron chi connectivity index (χ2n) is 7.69. The van der Waals surface area contributed by atoms with Crippen molar-refractivity contribution in [3.05, 3.63) is 47.8 Å². The third-order valence-electron chi connectivity index (χ3n) is 5.29. The predicted molar refractivity (Wildman–Crippen MR) is 126 cm³/mol. The van der Waals surface area contributed by atoms with Gasteiger partial charge in [-0.2, -0.15) is 0 Å². The predicted octanol–water partition coefficient (Wildman–Crippen LogP) is 7.70. The van der Waals surface area contributed by atoms with Gasteiger partial charge in [0.1, 0.15) is 0 Å². The molecule has 4 heteroatoms. The maximum atomic E-state index is 4.62. The molecule has 0 radical (unpaired) electrons. The lowest BCUT2D eigenvalue weighted by Gasteiger charge is -2.21. The van der Waals surface area contributed by atoms with Gasteiger partial charge in [-0.25, -0.2) is 9.97 Å². The summed E-state index contributed by atoms with van der Waals surface area (Å²) in [6.07, 6.45) is 17.4. The molecule has 1 saturated heterocycles. The molecule has 2 nitrogen and oxygen atoms in total. The summed E-state index contributed by atoms with van der Waals surface area (Å²) in [4.78, 5) is 9.24. The van der Waals surface area contributed by atoms with Crippen LogP contribution in [0, 0.1) is 0 Å². The van der Waals surface area contributed by atoms with Gasteiger partial charge in [0.2, 0.25) is 0 Å². The van der Waals surface area contributed by atoms with Crippen LogP contribution in [0.2, 0.25) is 0 Å². The first-order valence-corrected chi connectivity index (χ1v) is 13.1. The minimum atomic E-state index is 0.595. The lowest BCUT2D eigenvalue weighted by atomic mass is 10.1. The van der Waals surface area contributed by atoms with E-state index in [0.29, 0.717) is 4.58 Å². The first-order chi connectivity index (χ1) is 13.9. The van der Waals surface area contributed by atoms with E-state index in [1.807, 2.05) is 12.4 Å². The molecular formula is C24H34N2S2. The third-order valence-corrected chi connectivity index (χ3v) is 8.31. The lowest BCUT2D eigenvalue weighted by molar-refractivity contribution is 0.575. The van der Waals surface area contributed by atoms with Crippen LogP contribution in [0.5, 0.6) is 0 Å². The Morgan fingerprint density at radius 3 is 2.07 bits per heavy atom.